The van der Waals surface area contributed by atoms with Gasteiger partial charge in [0.1, 0.15) is 10.8 Å². The van der Waals surface area contributed by atoms with Crippen LogP contribution in [0.4, 0.5) is 11.8 Å². The Morgan fingerprint density at radius 1 is 1.21 bits per heavy atom. The second kappa shape index (κ2) is 7.85. The summed E-state index contributed by atoms with van der Waals surface area (Å²) < 4.78 is 26.8. The molecule has 1 aromatic carbocycles. The highest BCUT2D eigenvalue weighted by atomic mass is 32.2. The van der Waals surface area contributed by atoms with Crippen molar-refractivity contribution in [2.75, 3.05) is 22.9 Å². The first-order valence-electron chi connectivity index (χ1n) is 9.42. The van der Waals surface area contributed by atoms with Crippen LogP contribution in [-0.4, -0.2) is 47.4 Å². The largest absolute Gasteiger partial charge is 0.396 e. The first kappa shape index (κ1) is 20.0. The smallest absolute Gasteiger partial charge is 0.238 e. The van der Waals surface area contributed by atoms with Crippen LogP contribution in [-0.2, 0) is 10.0 Å². The molecule has 0 aliphatic heterocycles. The Morgan fingerprint density at radius 2 is 2.00 bits per heavy atom. The number of aliphatic hydroxyl groups is 1. The van der Waals surface area contributed by atoms with Gasteiger partial charge in [-0.05, 0) is 44.2 Å². The van der Waals surface area contributed by atoms with E-state index in [4.69, 9.17) is 4.98 Å². The fourth-order valence-corrected chi connectivity index (χ4v) is 5.18. The number of benzene rings is 1. The van der Waals surface area contributed by atoms with Gasteiger partial charge in [0.25, 0.3) is 0 Å². The molecule has 0 radical (unpaired) electrons. The highest BCUT2D eigenvalue weighted by molar-refractivity contribution is 7.91. The van der Waals surface area contributed by atoms with Crippen molar-refractivity contribution in [3.8, 4) is 10.6 Å². The molecule has 1 aliphatic rings. The topological polar surface area (TPSA) is 117 Å². The van der Waals surface area contributed by atoms with Gasteiger partial charge in [0, 0.05) is 12.6 Å². The van der Waals surface area contributed by atoms with Crippen LogP contribution in [0.3, 0.4) is 0 Å². The summed E-state index contributed by atoms with van der Waals surface area (Å²) in [6.07, 6.45) is 3.78. The van der Waals surface area contributed by atoms with Crippen molar-refractivity contribution in [2.45, 2.75) is 32.2 Å². The Labute approximate surface area is 173 Å². The van der Waals surface area contributed by atoms with Gasteiger partial charge in [0.05, 0.1) is 27.7 Å². The third kappa shape index (κ3) is 4.49. The maximum absolute atomic E-state index is 11.7. The number of fused-ring (bicyclic) bond motifs is 1. The molecule has 1 saturated carbocycles. The number of hydrogen-bond donors (Lipinski definition) is 3. The Morgan fingerprint density at radius 3 is 2.69 bits per heavy atom. The van der Waals surface area contributed by atoms with Gasteiger partial charge in [-0.25, -0.2) is 18.4 Å². The van der Waals surface area contributed by atoms with E-state index < -0.39 is 10.0 Å². The van der Waals surface area contributed by atoms with E-state index in [-0.39, 0.29) is 24.5 Å². The number of nitrogens with zero attached hydrogens (tertiary/aromatic N) is 3. The lowest BCUT2D eigenvalue weighted by Crippen LogP contribution is -2.20. The van der Waals surface area contributed by atoms with E-state index in [1.807, 2.05) is 31.2 Å². The highest BCUT2D eigenvalue weighted by Gasteiger charge is 2.27. The van der Waals surface area contributed by atoms with Gasteiger partial charge < -0.3 is 10.4 Å². The average molecular weight is 434 g/mol. The summed E-state index contributed by atoms with van der Waals surface area (Å²) in [6.45, 7) is 2.00. The van der Waals surface area contributed by atoms with Crippen molar-refractivity contribution in [1.29, 1.82) is 0 Å². The Bertz CT molecular complexity index is 1110. The molecule has 0 spiro atoms. The van der Waals surface area contributed by atoms with Crippen LogP contribution in [0.15, 0.2) is 24.3 Å². The number of anilines is 2. The molecule has 3 aromatic rings. The number of thiazole rings is 1. The summed E-state index contributed by atoms with van der Waals surface area (Å²) in [4.78, 5) is 13.6. The third-order valence-electron chi connectivity index (χ3n) is 5.01. The molecule has 0 saturated heterocycles. The Kier molecular flexibility index (Phi) is 5.41. The molecule has 10 heteroatoms. The quantitative estimate of drug-likeness (QED) is 0.547. The Balaban J connectivity index is 1.77. The van der Waals surface area contributed by atoms with Crippen LogP contribution in [0.2, 0.25) is 0 Å². The van der Waals surface area contributed by atoms with Gasteiger partial charge in [0.2, 0.25) is 16.0 Å². The molecule has 2 heterocycles. The summed E-state index contributed by atoms with van der Waals surface area (Å²) in [5, 5.41) is 13.7. The lowest BCUT2D eigenvalue weighted by Gasteiger charge is -2.18. The molecule has 1 fully saturated rings. The summed E-state index contributed by atoms with van der Waals surface area (Å²) in [7, 11) is -3.50. The SMILES string of the molecule is Cc1nc(NS(C)(=O)=O)nc(N[C@H]2CC[C@@H](CO)C2)c1-c1nc2ccccc2s1. The van der Waals surface area contributed by atoms with Crippen molar-refractivity contribution in [3.05, 3.63) is 30.0 Å². The van der Waals surface area contributed by atoms with E-state index in [1.54, 1.807) is 11.3 Å². The lowest BCUT2D eigenvalue weighted by atomic mass is 10.1. The molecule has 0 amide bonds. The molecule has 154 valence electrons. The zero-order valence-corrected chi connectivity index (χ0v) is 17.8. The predicted molar refractivity (Wildman–Crippen MR) is 116 cm³/mol. The van der Waals surface area contributed by atoms with Gasteiger partial charge in [-0.1, -0.05) is 12.1 Å². The van der Waals surface area contributed by atoms with Crippen LogP contribution in [0, 0.1) is 12.8 Å². The van der Waals surface area contributed by atoms with Crippen LogP contribution in [0.5, 0.6) is 0 Å². The first-order valence-corrected chi connectivity index (χ1v) is 12.1. The zero-order valence-electron chi connectivity index (χ0n) is 16.2. The number of sulfonamides is 1. The normalized spacial score (nSPS) is 19.6. The van der Waals surface area contributed by atoms with Crippen LogP contribution in [0.1, 0.15) is 25.0 Å². The lowest BCUT2D eigenvalue weighted by molar-refractivity contribution is 0.229. The van der Waals surface area contributed by atoms with Crippen LogP contribution >= 0.6 is 11.3 Å². The minimum absolute atomic E-state index is 0.0362. The standard InChI is InChI=1S/C19H23N5O3S2/c1-11-16(18-22-14-5-3-4-6-15(14)28-18)17(21-13-8-7-12(9-13)10-25)23-19(20-11)24-29(2,26)27/h3-6,12-13,25H,7-10H2,1-2H3,(H2,20,21,23,24)/t12-,13+/m1/s1. The van der Waals surface area contributed by atoms with Crippen molar-refractivity contribution >= 4 is 43.3 Å². The van der Waals surface area contributed by atoms with Gasteiger partial charge >= 0.3 is 0 Å². The summed E-state index contributed by atoms with van der Waals surface area (Å²) in [5.41, 5.74) is 2.32. The number of aliphatic hydroxyl groups excluding tert-OH is 1. The van der Waals surface area contributed by atoms with Crippen LogP contribution in [0.25, 0.3) is 20.8 Å². The highest BCUT2D eigenvalue weighted by Crippen LogP contribution is 2.37. The second-order valence-corrected chi connectivity index (χ2v) is 10.2. The molecule has 3 N–H and O–H groups in total. The molecular weight excluding hydrogens is 410 g/mol. The first-order chi connectivity index (χ1) is 13.8. The molecule has 0 bridgehead atoms. The molecular formula is C19H23N5O3S2. The molecule has 2 atom stereocenters. The van der Waals surface area contributed by atoms with Crippen LogP contribution < -0.4 is 10.0 Å². The summed E-state index contributed by atoms with van der Waals surface area (Å²) >= 11 is 1.55. The van der Waals surface area contributed by atoms with E-state index in [2.05, 4.69) is 20.0 Å². The number of aromatic nitrogens is 3. The van der Waals surface area contributed by atoms with Crippen molar-refractivity contribution < 1.29 is 13.5 Å². The van der Waals surface area contributed by atoms with Gasteiger partial charge in [-0.15, -0.1) is 11.3 Å². The number of aryl methyl sites for hydroxylation is 1. The average Bonchev–Trinajstić information content (AvgIpc) is 3.26. The number of hydrogen-bond acceptors (Lipinski definition) is 8. The third-order valence-corrected chi connectivity index (χ3v) is 6.62. The molecule has 4 rings (SSSR count). The fraction of sp³-hybridized carbons (Fsp3) is 0.421. The van der Waals surface area contributed by atoms with E-state index in [0.29, 0.717) is 11.5 Å². The minimum atomic E-state index is -3.50. The van der Waals surface area contributed by atoms with Crippen molar-refractivity contribution in [1.82, 2.24) is 15.0 Å². The van der Waals surface area contributed by atoms with E-state index in [0.717, 1.165) is 46.3 Å². The van der Waals surface area contributed by atoms with Crippen molar-refractivity contribution in [3.63, 3.8) is 0 Å². The number of para-hydroxylation sites is 1. The summed E-state index contributed by atoms with van der Waals surface area (Å²) in [6, 6.07) is 8.05. The molecule has 2 aromatic heterocycles. The molecule has 0 unspecified atom stereocenters. The zero-order chi connectivity index (χ0) is 20.6. The predicted octanol–water partition coefficient (Wildman–Crippen LogP) is 3.01. The molecule has 1 aliphatic carbocycles. The van der Waals surface area contributed by atoms with Crippen molar-refractivity contribution in [2.24, 2.45) is 5.92 Å². The van der Waals surface area contributed by atoms with E-state index >= 15 is 0 Å². The second-order valence-electron chi connectivity index (χ2n) is 7.42. The fourth-order valence-electron chi connectivity index (χ4n) is 3.69. The molecule has 8 nitrogen and oxygen atoms in total. The Hall–Kier alpha value is -2.30. The van der Waals surface area contributed by atoms with E-state index in [1.165, 1.54) is 0 Å². The number of rotatable bonds is 6. The minimum Gasteiger partial charge on any atom is -0.396 e. The number of nitrogens with one attached hydrogen (secondary N) is 2. The van der Waals surface area contributed by atoms with Gasteiger partial charge in [0.15, 0.2) is 0 Å². The monoisotopic (exact) mass is 433 g/mol. The van der Waals surface area contributed by atoms with E-state index in [9.17, 15) is 13.5 Å². The maximum atomic E-state index is 11.7. The van der Waals surface area contributed by atoms with Gasteiger partial charge in [-0.2, -0.15) is 4.98 Å². The maximum Gasteiger partial charge on any atom is 0.238 e. The summed E-state index contributed by atoms with van der Waals surface area (Å²) in [5.74, 6) is 0.871. The molecule has 29 heavy (non-hydrogen) atoms. The van der Waals surface area contributed by atoms with Gasteiger partial charge in [-0.3, -0.25) is 4.72 Å².